The van der Waals surface area contributed by atoms with Gasteiger partial charge in [0.1, 0.15) is 12.3 Å². The van der Waals surface area contributed by atoms with Crippen molar-refractivity contribution in [2.24, 2.45) is 0 Å². The molecule has 0 radical (unpaired) electrons. The zero-order valence-electron chi connectivity index (χ0n) is 20.2. The van der Waals surface area contributed by atoms with Crippen molar-refractivity contribution in [3.63, 3.8) is 0 Å². The fourth-order valence-electron chi connectivity index (χ4n) is 4.27. The van der Waals surface area contributed by atoms with E-state index in [-0.39, 0.29) is 15.6 Å². The van der Waals surface area contributed by atoms with Crippen LogP contribution in [0.15, 0.2) is 77.7 Å². The molecule has 4 rings (SSSR count). The highest BCUT2D eigenvalue weighted by molar-refractivity contribution is 7.92. The summed E-state index contributed by atoms with van der Waals surface area (Å²) in [5.41, 5.74) is 2.43. The summed E-state index contributed by atoms with van der Waals surface area (Å²) >= 11 is 6.27. The van der Waals surface area contributed by atoms with Gasteiger partial charge in [0, 0.05) is 13.1 Å². The summed E-state index contributed by atoms with van der Waals surface area (Å²) in [6.45, 7) is 3.02. The predicted molar refractivity (Wildman–Crippen MR) is 142 cm³/mol. The smallest absolute Gasteiger partial charge is 0.264 e. The van der Waals surface area contributed by atoms with E-state index in [0.29, 0.717) is 12.3 Å². The molecule has 0 unspecified atom stereocenters. The van der Waals surface area contributed by atoms with Gasteiger partial charge in [0.15, 0.2) is 0 Å². The summed E-state index contributed by atoms with van der Waals surface area (Å²) in [6, 6.07) is 20.7. The van der Waals surface area contributed by atoms with Crippen LogP contribution in [-0.2, 0) is 27.9 Å². The molecule has 0 spiro atoms. The van der Waals surface area contributed by atoms with Gasteiger partial charge in [-0.15, -0.1) is 0 Å². The zero-order chi connectivity index (χ0) is 25.5. The first-order valence-corrected chi connectivity index (χ1v) is 13.7. The van der Waals surface area contributed by atoms with E-state index in [2.05, 4.69) is 22.3 Å². The Morgan fingerprint density at radius 2 is 1.72 bits per heavy atom. The van der Waals surface area contributed by atoms with Crippen LogP contribution >= 0.6 is 11.6 Å². The van der Waals surface area contributed by atoms with Gasteiger partial charge in [-0.3, -0.25) is 14.0 Å². The number of nitrogens with zero attached hydrogens (tertiary/aromatic N) is 2. The van der Waals surface area contributed by atoms with E-state index in [1.807, 2.05) is 12.1 Å². The lowest BCUT2D eigenvalue weighted by Crippen LogP contribution is -2.40. The Morgan fingerprint density at radius 3 is 2.42 bits per heavy atom. The Balaban J connectivity index is 1.50. The van der Waals surface area contributed by atoms with E-state index in [4.69, 9.17) is 16.3 Å². The molecular weight excluding hydrogens is 498 g/mol. The fraction of sp³-hybridized carbons (Fsp3) is 0.296. The number of benzene rings is 3. The molecule has 3 aromatic carbocycles. The molecule has 1 fully saturated rings. The minimum Gasteiger partial charge on any atom is -0.495 e. The molecule has 1 heterocycles. The van der Waals surface area contributed by atoms with E-state index in [1.54, 1.807) is 30.3 Å². The molecule has 0 atom stereocenters. The highest BCUT2D eigenvalue weighted by Gasteiger charge is 2.27. The Labute approximate surface area is 217 Å². The van der Waals surface area contributed by atoms with E-state index < -0.39 is 22.5 Å². The predicted octanol–water partition coefficient (Wildman–Crippen LogP) is 4.46. The number of amides is 1. The number of carbonyl (C=O) groups is 1. The maximum atomic E-state index is 13.5. The lowest BCUT2D eigenvalue weighted by atomic mass is 10.1. The van der Waals surface area contributed by atoms with Gasteiger partial charge in [0.2, 0.25) is 5.91 Å². The second kappa shape index (κ2) is 11.8. The van der Waals surface area contributed by atoms with Crippen molar-refractivity contribution >= 4 is 33.2 Å². The normalized spacial score (nSPS) is 13.9. The van der Waals surface area contributed by atoms with Crippen LogP contribution in [0.1, 0.15) is 24.0 Å². The molecule has 36 heavy (non-hydrogen) atoms. The molecule has 1 saturated heterocycles. The number of rotatable bonds is 10. The average molecular weight is 528 g/mol. The minimum atomic E-state index is -4.02. The lowest BCUT2D eigenvalue weighted by Gasteiger charge is -2.24. The largest absolute Gasteiger partial charge is 0.495 e. The second-order valence-corrected chi connectivity index (χ2v) is 11.0. The van der Waals surface area contributed by atoms with Crippen molar-refractivity contribution in [3.05, 3.63) is 88.9 Å². The molecule has 0 aromatic heterocycles. The van der Waals surface area contributed by atoms with Crippen LogP contribution in [0.4, 0.5) is 5.69 Å². The lowest BCUT2D eigenvalue weighted by molar-refractivity contribution is -0.119. The average Bonchev–Trinajstić information content (AvgIpc) is 3.40. The van der Waals surface area contributed by atoms with Crippen molar-refractivity contribution in [2.75, 3.05) is 31.0 Å². The number of carbonyl (C=O) groups excluding carboxylic acids is 1. The Morgan fingerprint density at radius 1 is 1.00 bits per heavy atom. The molecule has 9 heteroatoms. The van der Waals surface area contributed by atoms with Gasteiger partial charge >= 0.3 is 0 Å². The molecule has 3 aromatic rings. The highest BCUT2D eigenvalue weighted by Crippen LogP contribution is 2.31. The number of methoxy groups -OCH3 is 1. The molecular formula is C27H30ClN3O4S. The summed E-state index contributed by atoms with van der Waals surface area (Å²) in [5, 5.41) is 3.11. The second-order valence-electron chi connectivity index (χ2n) is 8.72. The number of anilines is 1. The first kappa shape index (κ1) is 26.0. The number of likely N-dealkylation sites (tertiary alicyclic amines) is 1. The zero-order valence-corrected chi connectivity index (χ0v) is 21.8. The van der Waals surface area contributed by atoms with E-state index >= 15 is 0 Å². The highest BCUT2D eigenvalue weighted by atomic mass is 35.5. The molecule has 0 saturated carbocycles. The summed E-state index contributed by atoms with van der Waals surface area (Å²) in [6.07, 6.45) is 2.47. The van der Waals surface area contributed by atoms with Crippen LogP contribution in [0.3, 0.4) is 0 Å². The number of hydrogen-bond acceptors (Lipinski definition) is 5. The third-order valence-electron chi connectivity index (χ3n) is 6.13. The number of hydrogen-bond donors (Lipinski definition) is 1. The quantitative estimate of drug-likeness (QED) is 0.421. The first-order chi connectivity index (χ1) is 17.4. The van der Waals surface area contributed by atoms with Crippen LogP contribution in [0.2, 0.25) is 5.02 Å². The molecule has 7 nitrogen and oxygen atoms in total. The van der Waals surface area contributed by atoms with E-state index in [9.17, 15) is 13.2 Å². The fourth-order valence-corrected chi connectivity index (χ4v) is 5.95. The third kappa shape index (κ3) is 6.37. The third-order valence-corrected chi connectivity index (χ3v) is 8.21. The summed E-state index contributed by atoms with van der Waals surface area (Å²) < 4.78 is 33.2. The number of sulfonamides is 1. The summed E-state index contributed by atoms with van der Waals surface area (Å²) in [7, 11) is -2.54. The van der Waals surface area contributed by atoms with Gasteiger partial charge in [-0.1, -0.05) is 54.1 Å². The topological polar surface area (TPSA) is 79.0 Å². The summed E-state index contributed by atoms with van der Waals surface area (Å²) in [5.74, 6) is -0.0119. The summed E-state index contributed by atoms with van der Waals surface area (Å²) in [4.78, 5) is 15.5. The maximum absolute atomic E-state index is 13.5. The molecule has 0 bridgehead atoms. The Bertz CT molecular complexity index is 1300. The maximum Gasteiger partial charge on any atom is 0.264 e. The molecule has 190 valence electrons. The minimum absolute atomic E-state index is 0.0827. The van der Waals surface area contributed by atoms with Crippen molar-refractivity contribution in [2.45, 2.75) is 30.8 Å². The van der Waals surface area contributed by atoms with Gasteiger partial charge in [0.25, 0.3) is 10.0 Å². The molecule has 0 aliphatic carbocycles. The molecule has 1 aliphatic heterocycles. The van der Waals surface area contributed by atoms with Crippen molar-refractivity contribution in [3.8, 4) is 5.75 Å². The van der Waals surface area contributed by atoms with Gasteiger partial charge in [-0.25, -0.2) is 8.42 Å². The van der Waals surface area contributed by atoms with Crippen LogP contribution < -0.4 is 14.4 Å². The van der Waals surface area contributed by atoms with Crippen molar-refractivity contribution in [1.82, 2.24) is 10.2 Å². The van der Waals surface area contributed by atoms with Gasteiger partial charge in [-0.2, -0.15) is 0 Å². The number of ether oxygens (including phenoxy) is 1. The number of halogens is 1. The van der Waals surface area contributed by atoms with Gasteiger partial charge in [0.05, 0.1) is 22.7 Å². The van der Waals surface area contributed by atoms with Gasteiger partial charge in [-0.05, 0) is 67.4 Å². The Kier molecular flexibility index (Phi) is 8.51. The van der Waals surface area contributed by atoms with Crippen molar-refractivity contribution in [1.29, 1.82) is 0 Å². The van der Waals surface area contributed by atoms with E-state index in [1.165, 1.54) is 43.7 Å². The number of nitrogens with one attached hydrogen (secondary N) is 1. The van der Waals surface area contributed by atoms with Crippen LogP contribution in [0, 0.1) is 0 Å². The standard InChI is InChI=1S/C27H30ClN3O4S/c1-35-26-13-12-23(17-25(26)28)31(36(33,34)24-10-3-2-4-11-24)20-27(32)29-18-21-8-7-9-22(16-21)19-30-14-5-6-15-30/h2-4,7-13,16-17H,5-6,14-15,18-20H2,1H3,(H,29,32). The molecule has 1 amide bonds. The van der Waals surface area contributed by atoms with Crippen LogP contribution in [0.5, 0.6) is 5.75 Å². The Hall–Kier alpha value is -3.07. The molecule has 1 N–H and O–H groups in total. The van der Waals surface area contributed by atoms with Gasteiger partial charge < -0.3 is 10.1 Å². The van der Waals surface area contributed by atoms with E-state index in [0.717, 1.165) is 29.5 Å². The SMILES string of the molecule is COc1ccc(N(CC(=O)NCc2cccc(CN3CCCC3)c2)S(=O)(=O)c2ccccc2)cc1Cl. The van der Waals surface area contributed by atoms with Crippen LogP contribution in [-0.4, -0.2) is 46.0 Å². The first-order valence-electron chi connectivity index (χ1n) is 11.8. The van der Waals surface area contributed by atoms with Crippen LogP contribution in [0.25, 0.3) is 0 Å². The van der Waals surface area contributed by atoms with Crippen molar-refractivity contribution < 1.29 is 17.9 Å². The molecule has 1 aliphatic rings. The monoisotopic (exact) mass is 527 g/mol.